The highest BCUT2D eigenvalue weighted by Gasteiger charge is 2.22. The summed E-state index contributed by atoms with van der Waals surface area (Å²) in [6.45, 7) is 0. The maximum Gasteiger partial charge on any atom is 0.0541 e. The van der Waals surface area contributed by atoms with Crippen molar-refractivity contribution in [3.8, 4) is 27.9 Å². The number of fused-ring (bicyclic) bond motifs is 3. The van der Waals surface area contributed by atoms with E-state index in [0.29, 0.717) is 5.92 Å². The van der Waals surface area contributed by atoms with Crippen LogP contribution in [0.1, 0.15) is 23.5 Å². The Morgan fingerprint density at radius 2 is 0.895 bits per heavy atom. The lowest BCUT2D eigenvalue weighted by molar-refractivity contribution is 0.854. The van der Waals surface area contributed by atoms with Gasteiger partial charge in [0.25, 0.3) is 0 Å². The van der Waals surface area contributed by atoms with Crippen LogP contribution in [0.15, 0.2) is 188 Å². The van der Waals surface area contributed by atoms with Crippen LogP contribution in [-0.2, 0) is 0 Å². The Balaban J connectivity index is 0.897. The first-order valence-electron chi connectivity index (χ1n) is 20.1. The van der Waals surface area contributed by atoms with Gasteiger partial charge >= 0.3 is 0 Å². The lowest BCUT2D eigenvalue weighted by atomic mass is 9.80. The van der Waals surface area contributed by atoms with E-state index in [0.717, 1.165) is 6.42 Å². The van der Waals surface area contributed by atoms with E-state index in [4.69, 9.17) is 0 Å². The van der Waals surface area contributed by atoms with Gasteiger partial charge in [0.2, 0.25) is 0 Å². The van der Waals surface area contributed by atoms with E-state index in [1.165, 1.54) is 120 Å². The first kappa shape index (κ1) is 31.0. The Morgan fingerprint density at radius 1 is 0.368 bits per heavy atom. The van der Waals surface area contributed by atoms with Crippen molar-refractivity contribution in [3.63, 3.8) is 0 Å². The summed E-state index contributed by atoms with van der Waals surface area (Å²) in [5.41, 5.74) is 11.5. The molecule has 0 saturated heterocycles. The van der Waals surface area contributed by atoms with E-state index >= 15 is 0 Å². The van der Waals surface area contributed by atoms with E-state index in [-0.39, 0.29) is 0 Å². The topological polar surface area (TPSA) is 4.93 Å². The van der Waals surface area contributed by atoms with Gasteiger partial charge in [0.05, 0.1) is 11.0 Å². The van der Waals surface area contributed by atoms with Crippen LogP contribution in [0, 0.1) is 0 Å². The third-order valence-electron chi connectivity index (χ3n) is 13.1. The molecule has 57 heavy (non-hydrogen) atoms. The van der Waals surface area contributed by atoms with Crippen molar-refractivity contribution >= 4 is 81.7 Å². The second-order valence-corrected chi connectivity index (χ2v) is 15.9. The smallest absolute Gasteiger partial charge is 0.0541 e. The molecule has 12 aromatic rings. The highest BCUT2D eigenvalue weighted by Crippen LogP contribution is 2.44. The molecule has 1 nitrogen and oxygen atoms in total. The van der Waals surface area contributed by atoms with Gasteiger partial charge in [-0.3, -0.25) is 0 Å². The number of aromatic nitrogens is 1. The molecule has 0 spiro atoms. The quantitative estimate of drug-likeness (QED) is 0.160. The first-order chi connectivity index (χ1) is 28.3. The van der Waals surface area contributed by atoms with E-state index in [2.05, 4.69) is 199 Å². The van der Waals surface area contributed by atoms with Gasteiger partial charge in [-0.1, -0.05) is 170 Å². The van der Waals surface area contributed by atoms with E-state index in [1.807, 2.05) is 0 Å². The number of para-hydroxylation sites is 2. The van der Waals surface area contributed by atoms with E-state index in [9.17, 15) is 0 Å². The molecule has 1 atom stereocenters. The van der Waals surface area contributed by atoms with Gasteiger partial charge in [0.1, 0.15) is 0 Å². The monoisotopic (exact) mass is 721 g/mol. The minimum atomic E-state index is 0.345. The Labute approximate surface area is 329 Å². The Morgan fingerprint density at radius 3 is 1.53 bits per heavy atom. The summed E-state index contributed by atoms with van der Waals surface area (Å²) >= 11 is 0. The fourth-order valence-electron chi connectivity index (χ4n) is 10.5. The summed E-state index contributed by atoms with van der Waals surface area (Å²) in [4.78, 5) is 0. The average Bonchev–Trinajstić information content (AvgIpc) is 3.62. The number of rotatable bonds is 4. The molecular formula is C56H35N. The standard InChI is InChI=1S/C56H35N/c1-3-10-51-46(8-1)47-9-2-4-11-52(47)57(51)42-26-18-36(19-27-42)45-30-22-41-24-32-49-44(29-21-40-25-33-50(45)56(41)55(40)49)35-14-12-34(13-15-35)43-28-20-39-17-16-37-6-5-7-38-23-31-48(43)54(39)53(37)38/h1-27,29-33,43H,28H2. The normalized spacial score (nSPS) is 14.2. The predicted molar refractivity (Wildman–Crippen MR) is 243 cm³/mol. The molecule has 0 radical (unpaired) electrons. The van der Waals surface area contributed by atoms with Gasteiger partial charge < -0.3 is 4.57 Å². The third-order valence-corrected chi connectivity index (χ3v) is 13.1. The summed E-state index contributed by atoms with van der Waals surface area (Å²) in [5.74, 6) is 0.345. The second kappa shape index (κ2) is 11.6. The zero-order valence-electron chi connectivity index (χ0n) is 31.2. The van der Waals surface area contributed by atoms with Crippen LogP contribution < -0.4 is 5.22 Å². The van der Waals surface area contributed by atoms with Crippen molar-refractivity contribution < 1.29 is 0 Å². The molecular weight excluding hydrogens is 687 g/mol. The summed E-state index contributed by atoms with van der Waals surface area (Å²) in [6, 6.07) is 70.5. The Kier molecular flexibility index (Phi) is 6.34. The minimum Gasteiger partial charge on any atom is -0.309 e. The highest BCUT2D eigenvalue weighted by molar-refractivity contribution is 6.27. The molecule has 0 amide bonds. The van der Waals surface area contributed by atoms with E-state index in [1.54, 1.807) is 0 Å². The maximum atomic E-state index is 2.45. The van der Waals surface area contributed by atoms with Crippen molar-refractivity contribution in [1.82, 2.24) is 4.57 Å². The fourth-order valence-corrected chi connectivity index (χ4v) is 10.5. The number of hydrogen-bond acceptors (Lipinski definition) is 0. The van der Waals surface area contributed by atoms with Crippen molar-refractivity contribution in [2.24, 2.45) is 0 Å². The fraction of sp³-hybridized carbons (Fsp3) is 0.0357. The molecule has 0 bridgehead atoms. The average molecular weight is 722 g/mol. The van der Waals surface area contributed by atoms with Crippen LogP contribution in [0.3, 0.4) is 0 Å². The summed E-state index contributed by atoms with van der Waals surface area (Å²) in [6.07, 6.45) is 3.46. The van der Waals surface area contributed by atoms with Gasteiger partial charge in [-0.15, -0.1) is 0 Å². The maximum absolute atomic E-state index is 2.45. The van der Waals surface area contributed by atoms with Crippen molar-refractivity contribution in [2.45, 2.75) is 12.3 Å². The van der Waals surface area contributed by atoms with Crippen LogP contribution in [0.25, 0.3) is 110 Å². The summed E-state index contributed by atoms with van der Waals surface area (Å²) < 4.78 is 2.39. The second-order valence-electron chi connectivity index (χ2n) is 15.9. The summed E-state index contributed by atoms with van der Waals surface area (Å²) in [5, 5.41) is 17.3. The SMILES string of the molecule is C1=c2ccc3cccc4ccc(c2c43)C(c2ccc(-c3ccc4ccc5c(-c6ccc(-n7c8ccccc8c8ccccc87)cc6)ccc6ccc3c4c65)cc2)C1. The molecule has 13 rings (SSSR count). The Hall–Kier alpha value is -7.22. The van der Waals surface area contributed by atoms with Crippen LogP contribution in [0.4, 0.5) is 0 Å². The van der Waals surface area contributed by atoms with Gasteiger partial charge in [-0.25, -0.2) is 0 Å². The van der Waals surface area contributed by atoms with Gasteiger partial charge in [-0.2, -0.15) is 0 Å². The molecule has 1 heteroatoms. The number of nitrogens with zero attached hydrogens (tertiary/aromatic N) is 1. The zero-order chi connectivity index (χ0) is 37.2. The summed E-state index contributed by atoms with van der Waals surface area (Å²) in [7, 11) is 0. The first-order valence-corrected chi connectivity index (χ1v) is 20.1. The molecule has 1 heterocycles. The van der Waals surface area contributed by atoms with Crippen LogP contribution in [0.5, 0.6) is 0 Å². The third kappa shape index (κ3) is 4.40. The Bertz CT molecular complexity index is 3570. The van der Waals surface area contributed by atoms with Crippen LogP contribution >= 0.6 is 0 Å². The molecule has 0 aliphatic heterocycles. The van der Waals surface area contributed by atoms with Gasteiger partial charge in [-0.05, 0) is 123 Å². The number of hydrogen-bond donors (Lipinski definition) is 0. The predicted octanol–water partition coefficient (Wildman–Crippen LogP) is 14.4. The molecule has 1 aliphatic carbocycles. The molecule has 1 unspecified atom stereocenters. The molecule has 1 aliphatic rings. The lowest BCUT2D eigenvalue weighted by Crippen LogP contribution is -2.14. The minimum absolute atomic E-state index is 0.345. The largest absolute Gasteiger partial charge is 0.309 e. The molecule has 11 aromatic carbocycles. The molecule has 0 saturated carbocycles. The van der Waals surface area contributed by atoms with Crippen molar-refractivity contribution in [2.75, 3.05) is 0 Å². The molecule has 0 fully saturated rings. The van der Waals surface area contributed by atoms with Crippen LogP contribution in [0.2, 0.25) is 0 Å². The lowest BCUT2D eigenvalue weighted by Gasteiger charge is -2.24. The van der Waals surface area contributed by atoms with Crippen molar-refractivity contribution in [1.29, 1.82) is 0 Å². The van der Waals surface area contributed by atoms with Gasteiger partial charge in [0, 0.05) is 22.4 Å². The molecule has 0 N–H and O–H groups in total. The van der Waals surface area contributed by atoms with Crippen LogP contribution in [-0.4, -0.2) is 4.57 Å². The highest BCUT2D eigenvalue weighted by atomic mass is 15.0. The van der Waals surface area contributed by atoms with Crippen molar-refractivity contribution in [3.05, 3.63) is 204 Å². The molecule has 1 aromatic heterocycles. The molecule has 264 valence electrons. The zero-order valence-corrected chi connectivity index (χ0v) is 31.2. The van der Waals surface area contributed by atoms with Gasteiger partial charge in [0.15, 0.2) is 0 Å². The van der Waals surface area contributed by atoms with E-state index < -0.39 is 0 Å². The number of benzene rings is 11.